The van der Waals surface area contributed by atoms with Gasteiger partial charge in [-0.2, -0.15) is 0 Å². The fourth-order valence-electron chi connectivity index (χ4n) is 4.64. The molecule has 26 heavy (non-hydrogen) atoms. The number of fused-ring (bicyclic) bond motifs is 3. The van der Waals surface area contributed by atoms with Crippen LogP contribution >= 0.6 is 11.6 Å². The van der Waals surface area contributed by atoms with Crippen molar-refractivity contribution in [3.8, 4) is 0 Å². The van der Waals surface area contributed by atoms with E-state index in [0.717, 1.165) is 65.0 Å². The molecule has 0 spiro atoms. The molecule has 3 heterocycles. The molecule has 2 fully saturated rings. The first-order chi connectivity index (χ1) is 12.8. The van der Waals surface area contributed by atoms with Crippen LogP contribution in [0.3, 0.4) is 0 Å². The number of H-pyrrole nitrogens is 1. The molecule has 1 saturated heterocycles. The van der Waals surface area contributed by atoms with Gasteiger partial charge in [0.15, 0.2) is 5.82 Å². The van der Waals surface area contributed by atoms with Gasteiger partial charge in [0.25, 0.3) is 0 Å². The predicted molar refractivity (Wildman–Crippen MR) is 107 cm³/mol. The summed E-state index contributed by atoms with van der Waals surface area (Å²) in [5, 5.41) is 1.80. The molecule has 136 valence electrons. The fourth-order valence-corrected chi connectivity index (χ4v) is 4.81. The van der Waals surface area contributed by atoms with Gasteiger partial charge < -0.3 is 9.88 Å². The molecule has 0 radical (unpaired) electrons. The van der Waals surface area contributed by atoms with Crippen molar-refractivity contribution >= 4 is 39.4 Å². The summed E-state index contributed by atoms with van der Waals surface area (Å²) in [6.07, 6.45) is 8.64. The molecule has 5 rings (SSSR count). The molecule has 0 atom stereocenters. The molecule has 2 aliphatic rings. The second-order valence-corrected chi connectivity index (χ2v) is 7.99. The van der Waals surface area contributed by atoms with Gasteiger partial charge in [0.1, 0.15) is 17.4 Å². The Morgan fingerprint density at radius 2 is 1.81 bits per heavy atom. The Bertz CT molecular complexity index is 922. The monoisotopic (exact) mass is 369 g/mol. The van der Waals surface area contributed by atoms with E-state index in [1.54, 1.807) is 6.33 Å². The maximum atomic E-state index is 6.18. The Morgan fingerprint density at radius 1 is 1.00 bits per heavy atom. The first-order valence-corrected chi connectivity index (χ1v) is 10.1. The quantitative estimate of drug-likeness (QED) is 0.734. The van der Waals surface area contributed by atoms with Crippen LogP contribution in [0, 0.1) is 0 Å². The lowest BCUT2D eigenvalue weighted by Gasteiger charge is -2.41. The Morgan fingerprint density at radius 3 is 2.62 bits per heavy atom. The topological polar surface area (TPSA) is 48.1 Å². The van der Waals surface area contributed by atoms with E-state index in [0.29, 0.717) is 0 Å². The molecule has 1 N–H and O–H groups in total. The van der Waals surface area contributed by atoms with Gasteiger partial charge in [0.2, 0.25) is 0 Å². The van der Waals surface area contributed by atoms with Crippen molar-refractivity contribution in [3.05, 3.63) is 29.5 Å². The highest BCUT2D eigenvalue weighted by Gasteiger charge is 2.26. The normalized spacial score (nSPS) is 20.3. The number of aromatic amines is 1. The first-order valence-electron chi connectivity index (χ1n) is 9.70. The fraction of sp³-hybridized carbons (Fsp3) is 0.500. The van der Waals surface area contributed by atoms with E-state index in [1.165, 1.54) is 32.1 Å². The number of benzene rings is 1. The van der Waals surface area contributed by atoms with E-state index in [2.05, 4.69) is 24.8 Å². The van der Waals surface area contributed by atoms with Crippen molar-refractivity contribution in [3.63, 3.8) is 0 Å². The Balaban J connectivity index is 1.42. The third-order valence-corrected chi connectivity index (χ3v) is 6.26. The van der Waals surface area contributed by atoms with E-state index in [1.807, 2.05) is 18.2 Å². The molecule has 0 amide bonds. The summed E-state index contributed by atoms with van der Waals surface area (Å²) in [6, 6.07) is 6.71. The summed E-state index contributed by atoms with van der Waals surface area (Å²) in [4.78, 5) is 17.7. The van der Waals surface area contributed by atoms with Gasteiger partial charge in [-0.1, -0.05) is 30.9 Å². The molecule has 6 heteroatoms. The number of aromatic nitrogens is 3. The number of rotatable bonds is 2. The van der Waals surface area contributed by atoms with Crippen molar-refractivity contribution in [1.29, 1.82) is 0 Å². The molecule has 1 aromatic carbocycles. The van der Waals surface area contributed by atoms with Gasteiger partial charge in [0.05, 0.1) is 0 Å². The van der Waals surface area contributed by atoms with Gasteiger partial charge >= 0.3 is 0 Å². The van der Waals surface area contributed by atoms with Crippen molar-refractivity contribution in [2.24, 2.45) is 0 Å². The lowest BCUT2D eigenvalue weighted by molar-refractivity contribution is 0.148. The van der Waals surface area contributed by atoms with Crippen LogP contribution < -0.4 is 4.90 Å². The lowest BCUT2D eigenvalue weighted by Crippen LogP contribution is -2.51. The standard InChI is InChI=1S/C20H24ClN5/c21-14-6-7-17-16(12-14)18-19(24-17)20(23-13-22-18)26-10-8-25(9-11-26)15-4-2-1-3-5-15/h6-7,12-13,15,24H,1-5,8-11H2. The number of hydrogen-bond acceptors (Lipinski definition) is 4. The van der Waals surface area contributed by atoms with Crippen LogP contribution in [0.4, 0.5) is 5.82 Å². The molecule has 1 saturated carbocycles. The Hall–Kier alpha value is -1.85. The van der Waals surface area contributed by atoms with Gasteiger partial charge in [0, 0.05) is 48.1 Å². The summed E-state index contributed by atoms with van der Waals surface area (Å²) >= 11 is 6.18. The zero-order valence-corrected chi connectivity index (χ0v) is 15.7. The molecular formula is C20H24ClN5. The van der Waals surface area contributed by atoms with E-state index < -0.39 is 0 Å². The SMILES string of the molecule is Clc1ccc2[nH]c3c(N4CCN(C5CCCCC5)CC4)ncnc3c2c1. The van der Waals surface area contributed by atoms with E-state index >= 15 is 0 Å². The van der Waals surface area contributed by atoms with Gasteiger partial charge in [-0.3, -0.25) is 4.90 Å². The number of anilines is 1. The minimum Gasteiger partial charge on any atom is -0.352 e. The molecule has 2 aromatic heterocycles. The summed E-state index contributed by atoms with van der Waals surface area (Å²) in [5.74, 6) is 1.02. The average Bonchev–Trinajstić information content (AvgIpc) is 3.07. The van der Waals surface area contributed by atoms with Crippen molar-refractivity contribution < 1.29 is 0 Å². The van der Waals surface area contributed by atoms with Crippen molar-refractivity contribution in [2.75, 3.05) is 31.1 Å². The zero-order chi connectivity index (χ0) is 17.5. The molecule has 1 aliphatic carbocycles. The van der Waals surface area contributed by atoms with Crippen LogP contribution in [0.25, 0.3) is 21.9 Å². The van der Waals surface area contributed by atoms with E-state index in [-0.39, 0.29) is 0 Å². The summed E-state index contributed by atoms with van der Waals surface area (Å²) in [7, 11) is 0. The summed E-state index contributed by atoms with van der Waals surface area (Å²) in [6.45, 7) is 4.31. The molecule has 3 aromatic rings. The van der Waals surface area contributed by atoms with Crippen molar-refractivity contribution in [1.82, 2.24) is 19.9 Å². The molecule has 1 aliphatic heterocycles. The minimum absolute atomic E-state index is 0.736. The number of piperazine rings is 1. The smallest absolute Gasteiger partial charge is 0.156 e. The lowest BCUT2D eigenvalue weighted by atomic mass is 9.94. The van der Waals surface area contributed by atoms with E-state index in [4.69, 9.17) is 11.6 Å². The van der Waals surface area contributed by atoms with Crippen LogP contribution in [0.15, 0.2) is 24.5 Å². The highest BCUT2D eigenvalue weighted by molar-refractivity contribution is 6.31. The Labute approximate surface area is 158 Å². The number of nitrogens with one attached hydrogen (secondary N) is 1. The largest absolute Gasteiger partial charge is 0.352 e. The third kappa shape index (κ3) is 2.83. The van der Waals surface area contributed by atoms with Crippen LogP contribution in [0.1, 0.15) is 32.1 Å². The highest BCUT2D eigenvalue weighted by Crippen LogP contribution is 2.31. The second-order valence-electron chi connectivity index (χ2n) is 7.55. The summed E-state index contributed by atoms with van der Waals surface area (Å²) < 4.78 is 0. The third-order valence-electron chi connectivity index (χ3n) is 6.03. The zero-order valence-electron chi connectivity index (χ0n) is 14.9. The first kappa shape index (κ1) is 16.3. The van der Waals surface area contributed by atoms with E-state index in [9.17, 15) is 0 Å². The average molecular weight is 370 g/mol. The molecule has 0 unspecified atom stereocenters. The molecular weight excluding hydrogens is 346 g/mol. The number of hydrogen-bond donors (Lipinski definition) is 1. The number of halogens is 1. The summed E-state index contributed by atoms with van der Waals surface area (Å²) in [5.41, 5.74) is 3.05. The molecule has 0 bridgehead atoms. The maximum absolute atomic E-state index is 6.18. The van der Waals surface area contributed by atoms with Gasteiger partial charge in [-0.25, -0.2) is 9.97 Å². The predicted octanol–water partition coefficient (Wildman–Crippen LogP) is 4.22. The van der Waals surface area contributed by atoms with Gasteiger partial charge in [-0.05, 0) is 31.0 Å². The minimum atomic E-state index is 0.736. The second kappa shape index (κ2) is 6.71. The van der Waals surface area contributed by atoms with Crippen LogP contribution in [-0.2, 0) is 0 Å². The van der Waals surface area contributed by atoms with Crippen LogP contribution in [-0.4, -0.2) is 52.1 Å². The molecule has 5 nitrogen and oxygen atoms in total. The van der Waals surface area contributed by atoms with Crippen LogP contribution in [0.2, 0.25) is 5.02 Å². The Kier molecular flexibility index (Phi) is 4.21. The van der Waals surface area contributed by atoms with Crippen LogP contribution in [0.5, 0.6) is 0 Å². The maximum Gasteiger partial charge on any atom is 0.156 e. The van der Waals surface area contributed by atoms with Crippen molar-refractivity contribution in [2.45, 2.75) is 38.1 Å². The highest BCUT2D eigenvalue weighted by atomic mass is 35.5. The van der Waals surface area contributed by atoms with Gasteiger partial charge in [-0.15, -0.1) is 0 Å². The number of nitrogens with zero attached hydrogens (tertiary/aromatic N) is 4.